The van der Waals surface area contributed by atoms with Crippen molar-refractivity contribution in [2.75, 3.05) is 12.4 Å². The van der Waals surface area contributed by atoms with Crippen LogP contribution in [-0.4, -0.2) is 18.9 Å². The average molecular weight is 333 g/mol. The largest absolute Gasteiger partial charge is 0.497 e. The number of nitrogens with one attached hydrogen (secondary N) is 2. The highest BCUT2D eigenvalue weighted by Gasteiger charge is 2.14. The summed E-state index contributed by atoms with van der Waals surface area (Å²) in [5, 5.41) is 5.64. The zero-order valence-electron chi connectivity index (χ0n) is 12.9. The topological polar surface area (TPSA) is 67.4 Å². The van der Waals surface area contributed by atoms with Crippen molar-refractivity contribution in [3.05, 3.63) is 58.6 Å². The van der Waals surface area contributed by atoms with Crippen LogP contribution in [0.15, 0.2) is 42.5 Å². The number of ether oxygens (including phenoxy) is 1. The van der Waals surface area contributed by atoms with Crippen LogP contribution in [0.5, 0.6) is 5.75 Å². The molecule has 2 aromatic rings. The van der Waals surface area contributed by atoms with Crippen molar-refractivity contribution >= 4 is 29.1 Å². The van der Waals surface area contributed by atoms with Crippen molar-refractivity contribution in [3.63, 3.8) is 0 Å². The van der Waals surface area contributed by atoms with E-state index in [4.69, 9.17) is 16.3 Å². The van der Waals surface area contributed by atoms with Gasteiger partial charge in [0.2, 0.25) is 0 Å². The molecule has 120 valence electrons. The van der Waals surface area contributed by atoms with Gasteiger partial charge in [-0.15, -0.1) is 0 Å². The van der Waals surface area contributed by atoms with Gasteiger partial charge in [-0.2, -0.15) is 0 Å². The lowest BCUT2D eigenvalue weighted by Gasteiger charge is -2.10. The van der Waals surface area contributed by atoms with E-state index in [-0.39, 0.29) is 6.54 Å². The summed E-state index contributed by atoms with van der Waals surface area (Å²) in [5.74, 6) is -0.710. The Hall–Kier alpha value is -2.53. The lowest BCUT2D eigenvalue weighted by molar-refractivity contribution is -0.136. The summed E-state index contributed by atoms with van der Waals surface area (Å²) < 4.78 is 5.06. The maximum Gasteiger partial charge on any atom is 0.313 e. The summed E-state index contributed by atoms with van der Waals surface area (Å²) in [4.78, 5) is 23.8. The fourth-order valence-corrected chi connectivity index (χ4v) is 2.10. The van der Waals surface area contributed by atoms with E-state index in [0.717, 1.165) is 11.3 Å². The number of anilines is 1. The van der Waals surface area contributed by atoms with Crippen LogP contribution in [0.2, 0.25) is 5.02 Å². The minimum absolute atomic E-state index is 0.255. The first-order valence-corrected chi connectivity index (χ1v) is 7.36. The van der Waals surface area contributed by atoms with Crippen LogP contribution in [0.3, 0.4) is 0 Å². The van der Waals surface area contributed by atoms with Crippen LogP contribution in [0.1, 0.15) is 11.1 Å². The molecule has 0 saturated heterocycles. The number of methoxy groups -OCH3 is 1. The van der Waals surface area contributed by atoms with E-state index in [0.29, 0.717) is 16.3 Å². The van der Waals surface area contributed by atoms with Gasteiger partial charge in [0.05, 0.1) is 7.11 Å². The van der Waals surface area contributed by atoms with Gasteiger partial charge < -0.3 is 15.4 Å². The Morgan fingerprint density at radius 1 is 1.09 bits per heavy atom. The highest BCUT2D eigenvalue weighted by atomic mass is 35.5. The highest BCUT2D eigenvalue weighted by Crippen LogP contribution is 2.22. The molecular formula is C17H17ClN2O3. The minimum atomic E-state index is -0.733. The zero-order chi connectivity index (χ0) is 16.8. The number of benzene rings is 2. The number of rotatable bonds is 4. The van der Waals surface area contributed by atoms with Crippen molar-refractivity contribution in [1.82, 2.24) is 5.32 Å². The Bertz CT molecular complexity index is 714. The first-order valence-electron chi connectivity index (χ1n) is 6.98. The van der Waals surface area contributed by atoms with Crippen LogP contribution >= 0.6 is 11.6 Å². The Balaban J connectivity index is 1.92. The minimum Gasteiger partial charge on any atom is -0.497 e. The SMILES string of the molecule is COc1ccc(CNC(=O)C(=O)Nc2cccc(Cl)c2C)cc1. The lowest BCUT2D eigenvalue weighted by atomic mass is 10.2. The molecule has 2 amide bonds. The number of amides is 2. The second-order valence-electron chi connectivity index (χ2n) is 4.90. The fourth-order valence-electron chi connectivity index (χ4n) is 1.93. The van der Waals surface area contributed by atoms with E-state index >= 15 is 0 Å². The molecule has 6 heteroatoms. The van der Waals surface area contributed by atoms with E-state index in [1.807, 2.05) is 12.1 Å². The maximum absolute atomic E-state index is 11.9. The molecule has 0 heterocycles. The molecule has 0 fully saturated rings. The molecule has 2 N–H and O–H groups in total. The molecule has 0 atom stereocenters. The normalized spacial score (nSPS) is 10.0. The van der Waals surface area contributed by atoms with Crippen LogP contribution in [0, 0.1) is 6.92 Å². The van der Waals surface area contributed by atoms with Crippen molar-refractivity contribution < 1.29 is 14.3 Å². The Morgan fingerprint density at radius 2 is 1.78 bits per heavy atom. The third-order valence-electron chi connectivity index (χ3n) is 3.33. The molecule has 5 nitrogen and oxygen atoms in total. The Kier molecular flexibility index (Phi) is 5.60. The monoisotopic (exact) mass is 332 g/mol. The number of hydrogen-bond acceptors (Lipinski definition) is 3. The number of hydrogen-bond donors (Lipinski definition) is 2. The molecule has 23 heavy (non-hydrogen) atoms. The second kappa shape index (κ2) is 7.65. The van der Waals surface area contributed by atoms with Gasteiger partial charge in [-0.1, -0.05) is 29.8 Å². The molecular weight excluding hydrogens is 316 g/mol. The van der Waals surface area contributed by atoms with Gasteiger partial charge in [0.25, 0.3) is 0 Å². The summed E-state index contributed by atoms with van der Waals surface area (Å²) in [5.41, 5.74) is 2.10. The number of carbonyl (C=O) groups excluding carboxylic acids is 2. The van der Waals surface area contributed by atoms with Crippen molar-refractivity contribution in [1.29, 1.82) is 0 Å². The number of carbonyl (C=O) groups is 2. The first-order chi connectivity index (χ1) is 11.0. The standard InChI is InChI=1S/C17H17ClN2O3/c1-11-14(18)4-3-5-15(11)20-17(22)16(21)19-10-12-6-8-13(23-2)9-7-12/h3-9H,10H2,1-2H3,(H,19,21)(H,20,22). The maximum atomic E-state index is 11.9. The quantitative estimate of drug-likeness (QED) is 0.846. The van der Waals surface area contributed by atoms with E-state index in [2.05, 4.69) is 10.6 Å². The highest BCUT2D eigenvalue weighted by molar-refractivity contribution is 6.40. The van der Waals surface area contributed by atoms with Crippen molar-refractivity contribution in [3.8, 4) is 5.75 Å². The van der Waals surface area contributed by atoms with E-state index in [1.165, 1.54) is 0 Å². The van der Waals surface area contributed by atoms with Crippen LogP contribution in [0.25, 0.3) is 0 Å². The smallest absolute Gasteiger partial charge is 0.313 e. The molecule has 0 aliphatic rings. The molecule has 0 bridgehead atoms. The molecule has 0 spiro atoms. The summed E-state index contributed by atoms with van der Waals surface area (Å²) >= 11 is 5.98. The summed E-state index contributed by atoms with van der Waals surface area (Å²) in [7, 11) is 1.58. The molecule has 0 aliphatic carbocycles. The third-order valence-corrected chi connectivity index (χ3v) is 3.74. The van der Waals surface area contributed by atoms with E-state index in [1.54, 1.807) is 44.4 Å². The summed E-state index contributed by atoms with van der Waals surface area (Å²) in [6, 6.07) is 12.3. The van der Waals surface area contributed by atoms with E-state index in [9.17, 15) is 9.59 Å². The van der Waals surface area contributed by atoms with Gasteiger partial charge in [-0.3, -0.25) is 9.59 Å². The predicted molar refractivity (Wildman–Crippen MR) is 89.7 cm³/mol. The van der Waals surface area contributed by atoms with Crippen molar-refractivity contribution in [2.24, 2.45) is 0 Å². The average Bonchev–Trinajstić information content (AvgIpc) is 2.57. The second-order valence-corrected chi connectivity index (χ2v) is 5.30. The van der Waals surface area contributed by atoms with Gasteiger partial charge in [0.1, 0.15) is 5.75 Å². The lowest BCUT2D eigenvalue weighted by Crippen LogP contribution is -2.35. The van der Waals surface area contributed by atoms with Gasteiger partial charge in [0.15, 0.2) is 0 Å². The van der Waals surface area contributed by atoms with Gasteiger partial charge in [0, 0.05) is 17.3 Å². The molecule has 0 aliphatic heterocycles. The van der Waals surface area contributed by atoms with E-state index < -0.39 is 11.8 Å². The van der Waals surface area contributed by atoms with Crippen LogP contribution in [-0.2, 0) is 16.1 Å². The molecule has 0 radical (unpaired) electrons. The molecule has 0 unspecified atom stereocenters. The summed E-state index contributed by atoms with van der Waals surface area (Å²) in [6.07, 6.45) is 0. The molecule has 0 saturated carbocycles. The van der Waals surface area contributed by atoms with Crippen molar-refractivity contribution in [2.45, 2.75) is 13.5 Å². The Labute approximate surface area is 139 Å². The first kappa shape index (κ1) is 16.8. The Morgan fingerprint density at radius 3 is 2.43 bits per heavy atom. The fraction of sp³-hybridized carbons (Fsp3) is 0.176. The molecule has 2 rings (SSSR count). The third kappa shape index (κ3) is 4.47. The van der Waals surface area contributed by atoms with Gasteiger partial charge in [-0.25, -0.2) is 0 Å². The number of halogens is 1. The molecule has 2 aromatic carbocycles. The van der Waals surface area contributed by atoms with Gasteiger partial charge in [-0.05, 0) is 42.3 Å². The predicted octanol–water partition coefficient (Wildman–Crippen LogP) is 2.91. The zero-order valence-corrected chi connectivity index (χ0v) is 13.6. The van der Waals surface area contributed by atoms with Crippen LogP contribution in [0.4, 0.5) is 5.69 Å². The van der Waals surface area contributed by atoms with Crippen LogP contribution < -0.4 is 15.4 Å². The molecule has 0 aromatic heterocycles. The van der Waals surface area contributed by atoms with Gasteiger partial charge >= 0.3 is 11.8 Å². The summed E-state index contributed by atoms with van der Waals surface area (Å²) in [6.45, 7) is 2.03.